The third-order valence-electron chi connectivity index (χ3n) is 3.14. The maximum Gasteiger partial charge on any atom is 0.239 e. The number of nitrogens with two attached hydrogens (primary N) is 1. The van der Waals surface area contributed by atoms with Crippen molar-refractivity contribution < 1.29 is 4.79 Å². The number of hydrogen-bond donors (Lipinski definition) is 1. The Kier molecular flexibility index (Phi) is 7.43. The number of thiazole rings is 1. The Labute approximate surface area is 119 Å². The maximum atomic E-state index is 12.1. The third-order valence-corrected chi connectivity index (χ3v) is 4.06. The van der Waals surface area contributed by atoms with Crippen molar-refractivity contribution in [2.24, 2.45) is 11.7 Å². The van der Waals surface area contributed by atoms with Gasteiger partial charge in [0.05, 0.1) is 23.8 Å². The first kappa shape index (κ1) is 17.4. The number of carbonyl (C=O) groups is 1. The van der Waals surface area contributed by atoms with Gasteiger partial charge in [-0.3, -0.25) is 4.79 Å². The highest BCUT2D eigenvalue weighted by molar-refractivity contribution is 7.09. The van der Waals surface area contributed by atoms with Crippen LogP contribution < -0.4 is 5.73 Å². The van der Waals surface area contributed by atoms with E-state index in [1.165, 1.54) is 0 Å². The number of hydrogen-bond acceptors (Lipinski definition) is 4. The summed E-state index contributed by atoms with van der Waals surface area (Å²) in [5.74, 6) is 0.222. The van der Waals surface area contributed by atoms with Gasteiger partial charge in [0.15, 0.2) is 0 Å². The van der Waals surface area contributed by atoms with E-state index in [4.69, 9.17) is 5.73 Å². The third kappa shape index (κ3) is 4.23. The van der Waals surface area contributed by atoms with Crippen molar-refractivity contribution >= 4 is 29.7 Å². The molecule has 2 N–H and O–H groups in total. The number of likely N-dealkylation sites (N-methyl/N-ethyl adjacent to an activating group) is 1. The molecule has 0 aliphatic heterocycles. The predicted molar refractivity (Wildman–Crippen MR) is 78.0 cm³/mol. The molecule has 0 bridgehead atoms. The normalized spacial score (nSPS) is 13.6. The van der Waals surface area contributed by atoms with E-state index < -0.39 is 6.04 Å². The number of halogens is 1. The van der Waals surface area contributed by atoms with E-state index in [1.54, 1.807) is 28.8 Å². The molecule has 0 fully saturated rings. The van der Waals surface area contributed by atoms with Crippen LogP contribution in [0.3, 0.4) is 0 Å². The summed E-state index contributed by atoms with van der Waals surface area (Å²) in [7, 11) is 1.80. The Bertz CT molecular complexity index is 383. The molecular formula is C12H22ClN3OS. The Morgan fingerprint density at radius 2 is 2.22 bits per heavy atom. The highest BCUT2D eigenvalue weighted by atomic mass is 35.5. The van der Waals surface area contributed by atoms with Gasteiger partial charge in [0.25, 0.3) is 0 Å². The molecule has 0 aliphatic carbocycles. The van der Waals surface area contributed by atoms with E-state index in [-0.39, 0.29) is 24.2 Å². The van der Waals surface area contributed by atoms with Crippen molar-refractivity contribution in [3.05, 3.63) is 16.1 Å². The largest absolute Gasteiger partial charge is 0.339 e. The van der Waals surface area contributed by atoms with Gasteiger partial charge < -0.3 is 10.6 Å². The minimum atomic E-state index is -0.404. The highest BCUT2D eigenvalue weighted by Gasteiger charge is 2.23. The molecule has 1 aromatic rings. The number of aromatic nitrogens is 1. The highest BCUT2D eigenvalue weighted by Crippen LogP contribution is 2.15. The van der Waals surface area contributed by atoms with Crippen LogP contribution in [0.2, 0.25) is 0 Å². The summed E-state index contributed by atoms with van der Waals surface area (Å²) in [5.41, 5.74) is 8.73. The van der Waals surface area contributed by atoms with Gasteiger partial charge in [-0.15, -0.1) is 23.7 Å². The molecule has 4 nitrogen and oxygen atoms in total. The van der Waals surface area contributed by atoms with Gasteiger partial charge in [0.1, 0.15) is 0 Å². The molecule has 0 spiro atoms. The van der Waals surface area contributed by atoms with Crippen molar-refractivity contribution in [2.75, 3.05) is 7.05 Å². The molecule has 104 valence electrons. The smallest absolute Gasteiger partial charge is 0.239 e. The van der Waals surface area contributed by atoms with Gasteiger partial charge in [0.2, 0.25) is 5.91 Å². The quantitative estimate of drug-likeness (QED) is 0.905. The lowest BCUT2D eigenvalue weighted by Crippen LogP contribution is -2.45. The van der Waals surface area contributed by atoms with Crippen LogP contribution in [-0.2, 0) is 11.3 Å². The molecule has 1 aromatic heterocycles. The second kappa shape index (κ2) is 7.71. The standard InChI is InChI=1S/C12H21N3OS.ClH/c1-5-8(2)11(13)12(16)15(4)6-10-9(3)14-7-17-10;/h7-8,11H,5-6,13H2,1-4H3;1H. The lowest BCUT2D eigenvalue weighted by molar-refractivity contribution is -0.132. The first-order chi connectivity index (χ1) is 7.97. The van der Waals surface area contributed by atoms with E-state index in [9.17, 15) is 4.79 Å². The summed E-state index contributed by atoms with van der Waals surface area (Å²) in [6.45, 7) is 6.61. The van der Waals surface area contributed by atoms with Crippen LogP contribution in [0.1, 0.15) is 30.8 Å². The van der Waals surface area contributed by atoms with E-state index in [2.05, 4.69) is 4.98 Å². The van der Waals surface area contributed by atoms with Crippen LogP contribution in [0, 0.1) is 12.8 Å². The summed E-state index contributed by atoms with van der Waals surface area (Å²) < 4.78 is 0. The Balaban J connectivity index is 0.00000289. The molecule has 18 heavy (non-hydrogen) atoms. The van der Waals surface area contributed by atoms with E-state index >= 15 is 0 Å². The first-order valence-corrected chi connectivity index (χ1v) is 6.74. The number of nitrogens with zero attached hydrogens (tertiary/aromatic N) is 2. The van der Waals surface area contributed by atoms with Crippen molar-refractivity contribution in [1.29, 1.82) is 0 Å². The van der Waals surface area contributed by atoms with Crippen LogP contribution >= 0.6 is 23.7 Å². The molecule has 0 saturated heterocycles. The fraction of sp³-hybridized carbons (Fsp3) is 0.667. The number of amides is 1. The summed E-state index contributed by atoms with van der Waals surface area (Å²) in [6.07, 6.45) is 0.917. The van der Waals surface area contributed by atoms with Crippen molar-refractivity contribution in [3.8, 4) is 0 Å². The van der Waals surface area contributed by atoms with Gasteiger partial charge in [0, 0.05) is 11.9 Å². The first-order valence-electron chi connectivity index (χ1n) is 5.86. The fourth-order valence-corrected chi connectivity index (χ4v) is 2.35. The molecule has 2 unspecified atom stereocenters. The van der Waals surface area contributed by atoms with Gasteiger partial charge >= 0.3 is 0 Å². The predicted octanol–water partition coefficient (Wildman–Crippen LogP) is 2.21. The zero-order valence-electron chi connectivity index (χ0n) is 11.3. The minimum absolute atomic E-state index is 0. The molecule has 2 atom stereocenters. The molecule has 6 heteroatoms. The summed E-state index contributed by atoms with van der Waals surface area (Å²) >= 11 is 1.58. The molecule has 0 saturated carbocycles. The molecule has 0 radical (unpaired) electrons. The Morgan fingerprint density at radius 3 is 2.67 bits per heavy atom. The van der Waals surface area contributed by atoms with Crippen molar-refractivity contribution in [3.63, 3.8) is 0 Å². The summed E-state index contributed by atoms with van der Waals surface area (Å²) in [4.78, 5) is 19.1. The van der Waals surface area contributed by atoms with Crippen LogP contribution in [-0.4, -0.2) is 28.9 Å². The molecule has 1 rings (SSSR count). The average Bonchev–Trinajstić information content (AvgIpc) is 2.72. The second-order valence-electron chi connectivity index (χ2n) is 4.47. The second-order valence-corrected chi connectivity index (χ2v) is 5.41. The number of carbonyl (C=O) groups excluding carboxylic acids is 1. The van der Waals surface area contributed by atoms with Gasteiger partial charge in [-0.05, 0) is 12.8 Å². The van der Waals surface area contributed by atoms with Gasteiger partial charge in [-0.25, -0.2) is 4.98 Å². The van der Waals surface area contributed by atoms with E-state index in [0.29, 0.717) is 6.54 Å². The van der Waals surface area contributed by atoms with Crippen LogP contribution in [0.5, 0.6) is 0 Å². The molecule has 1 heterocycles. The summed E-state index contributed by atoms with van der Waals surface area (Å²) in [5, 5.41) is 0. The summed E-state index contributed by atoms with van der Waals surface area (Å²) in [6, 6.07) is -0.404. The molecule has 1 amide bonds. The number of aryl methyl sites for hydroxylation is 1. The molecule has 0 aromatic carbocycles. The Morgan fingerprint density at radius 1 is 1.61 bits per heavy atom. The zero-order valence-corrected chi connectivity index (χ0v) is 13.0. The van der Waals surface area contributed by atoms with E-state index in [0.717, 1.165) is 17.0 Å². The Hall–Kier alpha value is -0.650. The fourth-order valence-electron chi connectivity index (χ4n) is 1.52. The SMILES string of the molecule is CCC(C)C(N)C(=O)N(C)Cc1scnc1C.Cl. The van der Waals surface area contributed by atoms with Gasteiger partial charge in [-0.2, -0.15) is 0 Å². The van der Waals surface area contributed by atoms with Crippen molar-refractivity contribution in [1.82, 2.24) is 9.88 Å². The van der Waals surface area contributed by atoms with Crippen LogP contribution in [0.25, 0.3) is 0 Å². The zero-order chi connectivity index (χ0) is 13.0. The number of rotatable bonds is 5. The maximum absolute atomic E-state index is 12.1. The minimum Gasteiger partial charge on any atom is -0.339 e. The monoisotopic (exact) mass is 291 g/mol. The lowest BCUT2D eigenvalue weighted by Gasteiger charge is -2.24. The molecule has 0 aliphatic rings. The van der Waals surface area contributed by atoms with Gasteiger partial charge in [-0.1, -0.05) is 20.3 Å². The molecular weight excluding hydrogens is 270 g/mol. The topological polar surface area (TPSA) is 59.2 Å². The van der Waals surface area contributed by atoms with Crippen LogP contribution in [0.15, 0.2) is 5.51 Å². The van der Waals surface area contributed by atoms with Crippen LogP contribution in [0.4, 0.5) is 0 Å². The van der Waals surface area contributed by atoms with Crippen molar-refractivity contribution in [2.45, 2.75) is 39.8 Å². The van der Waals surface area contributed by atoms with E-state index in [1.807, 2.05) is 20.8 Å². The average molecular weight is 292 g/mol. The lowest BCUT2D eigenvalue weighted by atomic mass is 9.99.